The van der Waals surface area contributed by atoms with Crippen molar-refractivity contribution in [2.45, 2.75) is 6.92 Å². The summed E-state index contributed by atoms with van der Waals surface area (Å²) in [6, 6.07) is 8.18. The van der Waals surface area contributed by atoms with Crippen molar-refractivity contribution in [3.05, 3.63) is 27.8 Å². The molecule has 0 spiro atoms. The monoisotopic (exact) mass is 371 g/mol. The number of nitrogens with one attached hydrogen (secondary N) is 2. The summed E-state index contributed by atoms with van der Waals surface area (Å²) in [5.74, 6) is 0.940. The van der Waals surface area contributed by atoms with Gasteiger partial charge >= 0.3 is 6.01 Å². The molecule has 0 radical (unpaired) electrons. The second kappa shape index (κ2) is 6.50. The molecule has 1 heterocycles. The van der Waals surface area contributed by atoms with E-state index in [9.17, 15) is 0 Å². The third kappa shape index (κ3) is 3.66. The zero-order valence-corrected chi connectivity index (χ0v) is 12.8. The largest absolute Gasteiger partial charge is 0.467 e. The quantitative estimate of drug-likeness (QED) is 0.788. The Bertz CT molecular complexity index is 564. The highest BCUT2D eigenvalue weighted by Gasteiger charge is 2.07. The van der Waals surface area contributed by atoms with Crippen molar-refractivity contribution in [3.8, 4) is 6.01 Å². The first-order chi connectivity index (χ1) is 9.22. The fourth-order valence-corrected chi connectivity index (χ4v) is 1.95. The van der Waals surface area contributed by atoms with Crippen molar-refractivity contribution in [1.82, 2.24) is 15.0 Å². The van der Waals surface area contributed by atoms with E-state index in [4.69, 9.17) is 4.74 Å². The number of hydrogen-bond acceptors (Lipinski definition) is 6. The molecule has 7 heteroatoms. The average Bonchev–Trinajstić information content (AvgIpc) is 2.41. The summed E-state index contributed by atoms with van der Waals surface area (Å²) in [5.41, 5.74) is 0.943. The van der Waals surface area contributed by atoms with Gasteiger partial charge in [0.25, 0.3) is 0 Å². The first kappa shape index (κ1) is 13.8. The van der Waals surface area contributed by atoms with Crippen molar-refractivity contribution < 1.29 is 4.74 Å². The molecule has 0 atom stereocenters. The number of methoxy groups -OCH3 is 1. The van der Waals surface area contributed by atoms with Crippen LogP contribution >= 0.6 is 22.6 Å². The maximum atomic E-state index is 5.07. The molecular weight excluding hydrogens is 357 g/mol. The standard InChI is InChI=1S/C12H14IN5O/c1-3-14-10-16-11(18-12(17-10)19-2)15-9-7-5-4-6-8(9)13/h4-7H,3H2,1-2H3,(H2,14,15,16,17,18). The second-order valence-electron chi connectivity index (χ2n) is 3.60. The average molecular weight is 371 g/mol. The highest BCUT2D eigenvalue weighted by atomic mass is 127. The normalized spacial score (nSPS) is 10.1. The van der Waals surface area contributed by atoms with Crippen LogP contribution in [0.2, 0.25) is 0 Å². The Kier molecular flexibility index (Phi) is 4.72. The molecule has 100 valence electrons. The topological polar surface area (TPSA) is 72.0 Å². The van der Waals surface area contributed by atoms with E-state index in [1.807, 2.05) is 31.2 Å². The molecular formula is C12H14IN5O. The molecule has 0 aliphatic carbocycles. The van der Waals surface area contributed by atoms with Gasteiger partial charge in [-0.2, -0.15) is 15.0 Å². The fraction of sp³-hybridized carbons (Fsp3) is 0.250. The van der Waals surface area contributed by atoms with Gasteiger partial charge in [0, 0.05) is 10.1 Å². The van der Waals surface area contributed by atoms with E-state index in [2.05, 4.69) is 48.2 Å². The minimum absolute atomic E-state index is 0.277. The maximum Gasteiger partial charge on any atom is 0.322 e. The fourth-order valence-electron chi connectivity index (χ4n) is 1.42. The van der Waals surface area contributed by atoms with Crippen LogP contribution in [0.1, 0.15) is 6.92 Å². The highest BCUT2D eigenvalue weighted by Crippen LogP contribution is 2.21. The van der Waals surface area contributed by atoms with Gasteiger partial charge in [-0.3, -0.25) is 0 Å². The predicted molar refractivity (Wildman–Crippen MR) is 83.0 cm³/mol. The Balaban J connectivity index is 2.29. The summed E-state index contributed by atoms with van der Waals surface area (Å²) in [4.78, 5) is 12.6. The van der Waals surface area contributed by atoms with Gasteiger partial charge < -0.3 is 15.4 Å². The third-order valence-corrected chi connectivity index (χ3v) is 3.19. The molecule has 2 N–H and O–H groups in total. The van der Waals surface area contributed by atoms with E-state index in [0.717, 1.165) is 15.8 Å². The predicted octanol–water partition coefficient (Wildman–Crippen LogP) is 2.66. The van der Waals surface area contributed by atoms with Crippen LogP contribution in [0.25, 0.3) is 0 Å². The van der Waals surface area contributed by atoms with Gasteiger partial charge in [-0.15, -0.1) is 0 Å². The Labute approximate surface area is 125 Å². The lowest BCUT2D eigenvalue weighted by Crippen LogP contribution is -2.08. The van der Waals surface area contributed by atoms with Gasteiger partial charge in [0.15, 0.2) is 0 Å². The zero-order chi connectivity index (χ0) is 13.7. The molecule has 2 aromatic rings. The number of anilines is 3. The molecule has 0 amide bonds. The summed E-state index contributed by atoms with van der Waals surface area (Å²) >= 11 is 2.25. The van der Waals surface area contributed by atoms with Gasteiger partial charge in [-0.25, -0.2) is 0 Å². The summed E-state index contributed by atoms with van der Waals surface area (Å²) in [7, 11) is 1.53. The second-order valence-corrected chi connectivity index (χ2v) is 4.77. The van der Waals surface area contributed by atoms with Crippen LogP contribution in [0.15, 0.2) is 24.3 Å². The summed E-state index contributed by atoms with van der Waals surface area (Å²) in [5, 5.41) is 6.19. The molecule has 0 bridgehead atoms. The van der Waals surface area contributed by atoms with Gasteiger partial charge in [0.05, 0.1) is 12.8 Å². The highest BCUT2D eigenvalue weighted by molar-refractivity contribution is 14.1. The smallest absolute Gasteiger partial charge is 0.322 e. The number of nitrogens with zero attached hydrogens (tertiary/aromatic N) is 3. The van der Waals surface area contributed by atoms with Gasteiger partial charge in [0.2, 0.25) is 11.9 Å². The molecule has 1 aromatic carbocycles. The molecule has 0 saturated heterocycles. The molecule has 0 fully saturated rings. The molecule has 0 unspecified atom stereocenters. The van der Waals surface area contributed by atoms with Crippen LogP contribution in [-0.2, 0) is 0 Å². The van der Waals surface area contributed by atoms with E-state index >= 15 is 0 Å². The molecule has 2 rings (SSSR count). The minimum atomic E-state index is 0.277. The Hall–Kier alpha value is -1.64. The Morgan fingerprint density at radius 2 is 1.89 bits per heavy atom. The lowest BCUT2D eigenvalue weighted by atomic mass is 10.3. The first-order valence-corrected chi connectivity index (χ1v) is 6.86. The van der Waals surface area contributed by atoms with Gasteiger partial charge in [-0.1, -0.05) is 12.1 Å². The van der Waals surface area contributed by atoms with Crippen molar-refractivity contribution in [2.24, 2.45) is 0 Å². The van der Waals surface area contributed by atoms with Crippen LogP contribution in [0, 0.1) is 3.57 Å². The van der Waals surface area contributed by atoms with E-state index in [1.54, 1.807) is 0 Å². The van der Waals surface area contributed by atoms with Crippen LogP contribution in [-0.4, -0.2) is 28.6 Å². The van der Waals surface area contributed by atoms with E-state index in [-0.39, 0.29) is 6.01 Å². The van der Waals surface area contributed by atoms with Crippen molar-refractivity contribution >= 4 is 40.2 Å². The molecule has 1 aromatic heterocycles. The number of ether oxygens (including phenoxy) is 1. The third-order valence-electron chi connectivity index (χ3n) is 2.25. The van der Waals surface area contributed by atoms with Crippen molar-refractivity contribution in [2.75, 3.05) is 24.3 Å². The van der Waals surface area contributed by atoms with E-state index in [1.165, 1.54) is 7.11 Å². The van der Waals surface area contributed by atoms with Crippen LogP contribution in [0.4, 0.5) is 17.6 Å². The molecule has 0 aliphatic heterocycles. The number of halogens is 1. The maximum absolute atomic E-state index is 5.07. The summed E-state index contributed by atoms with van der Waals surface area (Å²) < 4.78 is 6.15. The van der Waals surface area contributed by atoms with Crippen LogP contribution in [0.3, 0.4) is 0 Å². The lowest BCUT2D eigenvalue weighted by Gasteiger charge is -2.09. The van der Waals surface area contributed by atoms with Crippen molar-refractivity contribution in [1.29, 1.82) is 0 Å². The number of rotatable bonds is 5. The summed E-state index contributed by atoms with van der Waals surface area (Å²) in [6.45, 7) is 2.71. The SMILES string of the molecule is CCNc1nc(Nc2ccccc2I)nc(OC)n1. The molecule has 0 saturated carbocycles. The van der Waals surface area contributed by atoms with Crippen LogP contribution < -0.4 is 15.4 Å². The minimum Gasteiger partial charge on any atom is -0.467 e. The number of hydrogen-bond donors (Lipinski definition) is 2. The van der Waals surface area contributed by atoms with Crippen molar-refractivity contribution in [3.63, 3.8) is 0 Å². The Morgan fingerprint density at radius 3 is 2.58 bits per heavy atom. The zero-order valence-electron chi connectivity index (χ0n) is 10.6. The first-order valence-electron chi connectivity index (χ1n) is 5.78. The Morgan fingerprint density at radius 1 is 1.16 bits per heavy atom. The number of para-hydroxylation sites is 1. The molecule has 19 heavy (non-hydrogen) atoms. The van der Waals surface area contributed by atoms with E-state index in [0.29, 0.717) is 11.9 Å². The molecule has 0 aliphatic rings. The summed E-state index contributed by atoms with van der Waals surface area (Å²) in [6.07, 6.45) is 0. The molecule has 6 nitrogen and oxygen atoms in total. The van der Waals surface area contributed by atoms with Gasteiger partial charge in [-0.05, 0) is 41.6 Å². The van der Waals surface area contributed by atoms with Crippen LogP contribution in [0.5, 0.6) is 6.01 Å². The number of benzene rings is 1. The lowest BCUT2D eigenvalue weighted by molar-refractivity contribution is 0.379. The van der Waals surface area contributed by atoms with Gasteiger partial charge in [0.1, 0.15) is 0 Å². The number of aromatic nitrogens is 3. The van der Waals surface area contributed by atoms with E-state index < -0.39 is 0 Å².